The number of benzene rings is 1. The molecule has 1 aliphatic heterocycles. The summed E-state index contributed by atoms with van der Waals surface area (Å²) in [7, 11) is 0. The first kappa shape index (κ1) is 15.3. The van der Waals surface area contributed by atoms with E-state index in [9.17, 15) is 9.90 Å². The number of hydrogen-bond acceptors (Lipinski definition) is 3. The second-order valence-electron chi connectivity index (χ2n) is 6.99. The Morgan fingerprint density at radius 2 is 2.00 bits per heavy atom. The van der Waals surface area contributed by atoms with Crippen molar-refractivity contribution in [1.82, 2.24) is 9.88 Å². The summed E-state index contributed by atoms with van der Waals surface area (Å²) in [4.78, 5) is 17.6. The molecule has 1 aromatic heterocycles. The van der Waals surface area contributed by atoms with Crippen molar-refractivity contribution in [2.24, 2.45) is 0 Å². The van der Waals surface area contributed by atoms with Gasteiger partial charge in [0, 0.05) is 13.1 Å². The average Bonchev–Trinajstić information content (AvgIpc) is 2.66. The Labute approximate surface area is 134 Å². The molecule has 0 atom stereocenters. The Balaban J connectivity index is 2.18. The minimum atomic E-state index is -0.819. The lowest BCUT2D eigenvalue weighted by Crippen LogP contribution is -2.31. The van der Waals surface area contributed by atoms with E-state index in [1.807, 2.05) is 6.92 Å². The summed E-state index contributed by atoms with van der Waals surface area (Å²) in [6.07, 6.45) is 0.752. The molecule has 5 heteroatoms. The van der Waals surface area contributed by atoms with E-state index in [2.05, 4.69) is 26.8 Å². The highest BCUT2D eigenvalue weighted by Gasteiger charge is 2.26. The molecule has 0 spiro atoms. The van der Waals surface area contributed by atoms with Gasteiger partial charge >= 0.3 is 6.09 Å². The van der Waals surface area contributed by atoms with Crippen LogP contribution in [0.1, 0.15) is 42.5 Å². The lowest BCUT2D eigenvalue weighted by molar-refractivity contribution is 0.147. The molecule has 0 fully saturated rings. The summed E-state index contributed by atoms with van der Waals surface area (Å²) < 4.78 is 1.26. The van der Waals surface area contributed by atoms with Crippen LogP contribution in [0.5, 0.6) is 0 Å². The monoisotopic (exact) mass is 318 g/mol. The van der Waals surface area contributed by atoms with Crippen LogP contribution in [0, 0.1) is 6.92 Å². The van der Waals surface area contributed by atoms with Crippen molar-refractivity contribution in [2.75, 3.05) is 13.1 Å². The first-order valence-electron chi connectivity index (χ1n) is 7.67. The fourth-order valence-electron chi connectivity index (χ4n) is 3.16. The van der Waals surface area contributed by atoms with Crippen LogP contribution in [-0.2, 0) is 18.3 Å². The Hall–Kier alpha value is -1.62. The molecule has 118 valence electrons. The summed E-state index contributed by atoms with van der Waals surface area (Å²) in [5, 5.41) is 10.3. The molecule has 2 aromatic rings. The van der Waals surface area contributed by atoms with Crippen molar-refractivity contribution < 1.29 is 9.90 Å². The van der Waals surface area contributed by atoms with Crippen LogP contribution in [0.3, 0.4) is 0 Å². The van der Waals surface area contributed by atoms with Crippen LogP contribution in [0.4, 0.5) is 4.79 Å². The number of aryl methyl sites for hydroxylation is 1. The Kier molecular flexibility index (Phi) is 3.63. The smallest absolute Gasteiger partial charge is 0.407 e. The first-order chi connectivity index (χ1) is 10.3. The topological polar surface area (TPSA) is 53.4 Å². The van der Waals surface area contributed by atoms with Crippen molar-refractivity contribution in [3.8, 4) is 0 Å². The van der Waals surface area contributed by atoms with E-state index < -0.39 is 6.09 Å². The van der Waals surface area contributed by atoms with Gasteiger partial charge in [0.15, 0.2) is 0 Å². The fraction of sp³-hybridized carbons (Fsp3) is 0.529. The Morgan fingerprint density at radius 1 is 1.32 bits per heavy atom. The lowest BCUT2D eigenvalue weighted by Gasteiger charge is -2.22. The van der Waals surface area contributed by atoms with Crippen molar-refractivity contribution in [3.05, 3.63) is 27.8 Å². The van der Waals surface area contributed by atoms with E-state index in [0.29, 0.717) is 13.1 Å². The van der Waals surface area contributed by atoms with Crippen molar-refractivity contribution in [2.45, 2.75) is 46.0 Å². The van der Waals surface area contributed by atoms with Gasteiger partial charge in [0.25, 0.3) is 0 Å². The summed E-state index contributed by atoms with van der Waals surface area (Å²) in [6, 6.07) is 2.27. The first-order valence-corrected chi connectivity index (χ1v) is 8.49. The number of hydrogen-bond donors (Lipinski definition) is 1. The Bertz CT molecular complexity index is 743. The predicted octanol–water partition coefficient (Wildman–Crippen LogP) is 3.98. The average molecular weight is 318 g/mol. The third kappa shape index (κ3) is 2.58. The molecule has 3 rings (SSSR count). The predicted molar refractivity (Wildman–Crippen MR) is 90.1 cm³/mol. The molecule has 0 aliphatic carbocycles. The van der Waals surface area contributed by atoms with Gasteiger partial charge in [-0.1, -0.05) is 26.8 Å². The molecule has 22 heavy (non-hydrogen) atoms. The molecule has 0 bridgehead atoms. The van der Waals surface area contributed by atoms with Crippen molar-refractivity contribution >= 4 is 27.6 Å². The summed E-state index contributed by atoms with van der Waals surface area (Å²) in [6.45, 7) is 9.83. The molecule has 0 saturated heterocycles. The normalized spacial score (nSPS) is 15.7. The van der Waals surface area contributed by atoms with E-state index in [0.717, 1.165) is 23.4 Å². The maximum absolute atomic E-state index is 11.3. The van der Waals surface area contributed by atoms with Crippen LogP contribution < -0.4 is 0 Å². The van der Waals surface area contributed by atoms with Crippen LogP contribution in [0.2, 0.25) is 0 Å². The SMILES string of the molecule is Cc1nc2c(C(C)(C)C)cc3c(c2s1)CCN(C(=O)O)CC3. The molecule has 1 aliphatic rings. The maximum atomic E-state index is 11.3. The van der Waals surface area contributed by atoms with E-state index in [4.69, 9.17) is 4.98 Å². The summed E-state index contributed by atoms with van der Waals surface area (Å²) >= 11 is 1.74. The number of carboxylic acid groups (broad SMARTS) is 1. The second-order valence-corrected chi connectivity index (χ2v) is 8.20. The van der Waals surface area contributed by atoms with Gasteiger partial charge in [-0.25, -0.2) is 9.78 Å². The second kappa shape index (κ2) is 5.23. The van der Waals surface area contributed by atoms with E-state index >= 15 is 0 Å². The van der Waals surface area contributed by atoms with Gasteiger partial charge < -0.3 is 10.0 Å². The number of rotatable bonds is 0. The molecule has 2 heterocycles. The van der Waals surface area contributed by atoms with Gasteiger partial charge in [0.2, 0.25) is 0 Å². The van der Waals surface area contributed by atoms with Crippen LogP contribution in [0.15, 0.2) is 6.07 Å². The number of aromatic nitrogens is 1. The minimum Gasteiger partial charge on any atom is -0.465 e. The van der Waals surface area contributed by atoms with Gasteiger partial charge in [-0.3, -0.25) is 0 Å². The quantitative estimate of drug-likeness (QED) is 0.799. The zero-order valence-corrected chi connectivity index (χ0v) is 14.4. The number of carbonyl (C=O) groups is 1. The molecule has 0 saturated carbocycles. The molecule has 1 amide bonds. The van der Waals surface area contributed by atoms with Crippen LogP contribution >= 0.6 is 11.3 Å². The molecule has 0 unspecified atom stereocenters. The molecular weight excluding hydrogens is 296 g/mol. The van der Waals surface area contributed by atoms with E-state index in [-0.39, 0.29) is 5.41 Å². The number of nitrogens with zero attached hydrogens (tertiary/aromatic N) is 2. The molecular formula is C17H22N2O2S. The van der Waals surface area contributed by atoms with Gasteiger partial charge in [-0.2, -0.15) is 0 Å². The van der Waals surface area contributed by atoms with Gasteiger partial charge in [-0.05, 0) is 41.9 Å². The number of thiazole rings is 1. The molecule has 1 N–H and O–H groups in total. The molecule has 1 aromatic carbocycles. The van der Waals surface area contributed by atoms with Gasteiger partial charge in [0.05, 0.1) is 15.2 Å². The van der Waals surface area contributed by atoms with Crippen LogP contribution in [-0.4, -0.2) is 34.2 Å². The van der Waals surface area contributed by atoms with Crippen LogP contribution in [0.25, 0.3) is 10.2 Å². The zero-order chi connectivity index (χ0) is 16.1. The third-order valence-corrected chi connectivity index (χ3v) is 5.36. The number of amides is 1. The van der Waals surface area contributed by atoms with E-state index in [1.165, 1.54) is 26.3 Å². The highest BCUT2D eigenvalue weighted by molar-refractivity contribution is 7.18. The van der Waals surface area contributed by atoms with Crippen molar-refractivity contribution in [3.63, 3.8) is 0 Å². The summed E-state index contributed by atoms with van der Waals surface area (Å²) in [5.74, 6) is 0. The minimum absolute atomic E-state index is 0.0343. The van der Waals surface area contributed by atoms with Gasteiger partial charge in [-0.15, -0.1) is 11.3 Å². The fourth-order valence-corrected chi connectivity index (χ4v) is 4.20. The third-order valence-electron chi connectivity index (χ3n) is 4.33. The molecule has 4 nitrogen and oxygen atoms in total. The Morgan fingerprint density at radius 3 is 2.64 bits per heavy atom. The highest BCUT2D eigenvalue weighted by atomic mass is 32.1. The summed E-state index contributed by atoms with van der Waals surface area (Å²) in [5.41, 5.74) is 5.01. The maximum Gasteiger partial charge on any atom is 0.407 e. The molecule has 0 radical (unpaired) electrons. The van der Waals surface area contributed by atoms with E-state index in [1.54, 1.807) is 11.3 Å². The standard InChI is InChI=1S/C17H22N2O2S/c1-10-18-14-13(17(2,3)4)9-11-5-7-19(16(20)21)8-6-12(11)15(14)22-10/h9H,5-8H2,1-4H3,(H,20,21). The highest BCUT2D eigenvalue weighted by Crippen LogP contribution is 2.37. The van der Waals surface area contributed by atoms with Crippen molar-refractivity contribution in [1.29, 1.82) is 0 Å². The zero-order valence-electron chi connectivity index (χ0n) is 13.6. The largest absolute Gasteiger partial charge is 0.465 e. The lowest BCUT2D eigenvalue weighted by atomic mass is 9.83. The van der Waals surface area contributed by atoms with Gasteiger partial charge in [0.1, 0.15) is 0 Å². The number of fused-ring (bicyclic) bond motifs is 3.